The third-order valence-corrected chi connectivity index (χ3v) is 5.71. The first kappa shape index (κ1) is 22.4. The number of carbonyl (C=O) groups excluding carboxylic acids is 1. The van der Waals surface area contributed by atoms with E-state index in [9.17, 15) is 17.6 Å². The first-order chi connectivity index (χ1) is 13.8. The van der Waals surface area contributed by atoms with E-state index in [1.54, 1.807) is 31.4 Å². The Hall–Kier alpha value is -2.85. The smallest absolute Gasteiger partial charge is 0.304 e. The molecule has 0 heterocycles. The lowest BCUT2D eigenvalue weighted by Crippen LogP contribution is -2.46. The van der Waals surface area contributed by atoms with Crippen LogP contribution in [0.25, 0.3) is 0 Å². The van der Waals surface area contributed by atoms with E-state index in [1.165, 1.54) is 32.3 Å². The van der Waals surface area contributed by atoms with Gasteiger partial charge in [0.2, 0.25) is 5.91 Å². The Bertz CT molecular complexity index is 920. The standard InChI is InChI=1S/C19H24FN3O5S/c1-22(2)29(25,26)23(18-7-5-4-6-17(18)20)14-19(24)21-12-13-28-16-10-8-15(27-3)9-11-16/h4-11H,12-14H2,1-3H3,(H,21,24). The summed E-state index contributed by atoms with van der Waals surface area (Å²) in [6.07, 6.45) is 0. The molecule has 10 heteroatoms. The number of nitrogens with zero attached hydrogens (tertiary/aromatic N) is 2. The molecular weight excluding hydrogens is 401 g/mol. The van der Waals surface area contributed by atoms with Crippen LogP contribution in [0.5, 0.6) is 11.5 Å². The molecule has 0 atom stereocenters. The highest BCUT2D eigenvalue weighted by Gasteiger charge is 2.29. The molecule has 0 bridgehead atoms. The number of halogens is 1. The average Bonchev–Trinajstić information content (AvgIpc) is 2.70. The zero-order valence-electron chi connectivity index (χ0n) is 16.5. The molecule has 2 aromatic rings. The summed E-state index contributed by atoms with van der Waals surface area (Å²) >= 11 is 0. The van der Waals surface area contributed by atoms with Crippen molar-refractivity contribution >= 4 is 21.8 Å². The van der Waals surface area contributed by atoms with Crippen molar-refractivity contribution < 1.29 is 27.1 Å². The van der Waals surface area contributed by atoms with E-state index < -0.39 is 28.5 Å². The molecule has 0 aliphatic heterocycles. The van der Waals surface area contributed by atoms with Gasteiger partial charge in [-0.05, 0) is 36.4 Å². The van der Waals surface area contributed by atoms with Crippen molar-refractivity contribution in [2.45, 2.75) is 0 Å². The number of para-hydroxylation sites is 1. The van der Waals surface area contributed by atoms with Crippen molar-refractivity contribution in [2.75, 3.05) is 45.2 Å². The molecule has 8 nitrogen and oxygen atoms in total. The molecule has 0 saturated carbocycles. The SMILES string of the molecule is COc1ccc(OCCNC(=O)CN(c2ccccc2F)S(=O)(=O)N(C)C)cc1. The summed E-state index contributed by atoms with van der Waals surface area (Å²) in [7, 11) is 0.114. The van der Waals surface area contributed by atoms with Gasteiger partial charge < -0.3 is 14.8 Å². The van der Waals surface area contributed by atoms with Crippen molar-refractivity contribution in [2.24, 2.45) is 0 Å². The molecule has 1 amide bonds. The molecule has 0 fully saturated rings. The Kier molecular flexibility index (Phi) is 7.80. The molecule has 29 heavy (non-hydrogen) atoms. The molecule has 158 valence electrons. The van der Waals surface area contributed by atoms with Crippen LogP contribution in [0.15, 0.2) is 48.5 Å². The van der Waals surface area contributed by atoms with E-state index in [1.807, 2.05) is 0 Å². The van der Waals surface area contributed by atoms with Crippen LogP contribution in [-0.4, -0.2) is 59.5 Å². The fourth-order valence-electron chi connectivity index (χ4n) is 2.36. The minimum Gasteiger partial charge on any atom is -0.497 e. The minimum absolute atomic E-state index is 0.151. The summed E-state index contributed by atoms with van der Waals surface area (Å²) < 4.78 is 51.5. The van der Waals surface area contributed by atoms with Gasteiger partial charge in [-0.1, -0.05) is 12.1 Å². The van der Waals surface area contributed by atoms with Crippen LogP contribution >= 0.6 is 0 Å². The summed E-state index contributed by atoms with van der Waals surface area (Å²) in [6, 6.07) is 12.3. The van der Waals surface area contributed by atoms with Gasteiger partial charge in [0.25, 0.3) is 0 Å². The predicted molar refractivity (Wildman–Crippen MR) is 108 cm³/mol. The van der Waals surface area contributed by atoms with Crippen molar-refractivity contribution in [1.29, 1.82) is 0 Å². The van der Waals surface area contributed by atoms with Gasteiger partial charge in [-0.25, -0.2) is 8.70 Å². The second-order valence-electron chi connectivity index (χ2n) is 6.12. The zero-order chi connectivity index (χ0) is 21.4. The van der Waals surface area contributed by atoms with E-state index in [-0.39, 0.29) is 18.8 Å². The summed E-state index contributed by atoms with van der Waals surface area (Å²) in [4.78, 5) is 12.3. The highest BCUT2D eigenvalue weighted by Crippen LogP contribution is 2.22. The number of hydrogen-bond acceptors (Lipinski definition) is 5. The van der Waals surface area contributed by atoms with E-state index in [0.717, 1.165) is 14.7 Å². The summed E-state index contributed by atoms with van der Waals surface area (Å²) in [6.45, 7) is -0.236. The van der Waals surface area contributed by atoms with Crippen molar-refractivity contribution in [3.8, 4) is 11.5 Å². The lowest BCUT2D eigenvalue weighted by Gasteiger charge is -2.27. The topological polar surface area (TPSA) is 88.2 Å². The van der Waals surface area contributed by atoms with Crippen LogP contribution < -0.4 is 19.1 Å². The van der Waals surface area contributed by atoms with Crippen molar-refractivity contribution in [1.82, 2.24) is 9.62 Å². The van der Waals surface area contributed by atoms with Crippen LogP contribution in [0.3, 0.4) is 0 Å². The second kappa shape index (κ2) is 10.1. The van der Waals surface area contributed by atoms with Gasteiger partial charge in [-0.15, -0.1) is 0 Å². The quantitative estimate of drug-likeness (QED) is 0.585. The average molecular weight is 425 g/mol. The second-order valence-corrected chi connectivity index (χ2v) is 8.19. The molecule has 0 saturated heterocycles. The van der Waals surface area contributed by atoms with E-state index in [4.69, 9.17) is 9.47 Å². The van der Waals surface area contributed by atoms with E-state index in [2.05, 4.69) is 5.32 Å². The Morgan fingerprint density at radius 2 is 1.69 bits per heavy atom. The van der Waals surface area contributed by atoms with Crippen LogP contribution in [0, 0.1) is 5.82 Å². The molecule has 1 N–H and O–H groups in total. The van der Waals surface area contributed by atoms with Gasteiger partial charge >= 0.3 is 10.2 Å². The number of hydrogen-bond donors (Lipinski definition) is 1. The third-order valence-electron chi connectivity index (χ3n) is 3.90. The normalized spacial score (nSPS) is 11.2. The van der Waals surface area contributed by atoms with Crippen molar-refractivity contribution in [3.05, 3.63) is 54.3 Å². The zero-order valence-corrected chi connectivity index (χ0v) is 17.3. The number of benzene rings is 2. The molecule has 0 aromatic heterocycles. The number of nitrogens with one attached hydrogen (secondary N) is 1. The summed E-state index contributed by atoms with van der Waals surface area (Å²) in [5.74, 6) is -0.0326. The van der Waals surface area contributed by atoms with Crippen molar-refractivity contribution in [3.63, 3.8) is 0 Å². The largest absolute Gasteiger partial charge is 0.497 e. The van der Waals surface area contributed by atoms with Gasteiger partial charge in [-0.3, -0.25) is 4.79 Å². The number of anilines is 1. The Balaban J connectivity index is 1.96. The highest BCUT2D eigenvalue weighted by molar-refractivity contribution is 7.90. The highest BCUT2D eigenvalue weighted by atomic mass is 32.2. The van der Waals surface area contributed by atoms with Gasteiger partial charge in [-0.2, -0.15) is 12.7 Å². The molecule has 0 aliphatic carbocycles. The molecule has 0 unspecified atom stereocenters. The monoisotopic (exact) mass is 425 g/mol. The summed E-state index contributed by atoms with van der Waals surface area (Å²) in [5.41, 5.74) is -0.203. The van der Waals surface area contributed by atoms with Gasteiger partial charge in [0.15, 0.2) is 0 Å². The van der Waals surface area contributed by atoms with E-state index in [0.29, 0.717) is 11.5 Å². The molecular formula is C19H24FN3O5S. The Morgan fingerprint density at radius 1 is 1.07 bits per heavy atom. The maximum Gasteiger partial charge on any atom is 0.304 e. The maximum atomic E-state index is 14.1. The number of ether oxygens (including phenoxy) is 2. The number of amides is 1. The van der Waals surface area contributed by atoms with E-state index >= 15 is 0 Å². The Labute approximate surface area is 170 Å². The molecule has 0 radical (unpaired) electrons. The number of rotatable bonds is 10. The third kappa shape index (κ3) is 6.06. The summed E-state index contributed by atoms with van der Waals surface area (Å²) in [5, 5.41) is 2.57. The van der Waals surface area contributed by atoms with Crippen LogP contribution in [0.2, 0.25) is 0 Å². The van der Waals surface area contributed by atoms with Crippen LogP contribution in [-0.2, 0) is 15.0 Å². The minimum atomic E-state index is -4.07. The number of carbonyl (C=O) groups is 1. The predicted octanol–water partition coefficient (Wildman–Crippen LogP) is 1.64. The molecule has 0 aliphatic rings. The lowest BCUT2D eigenvalue weighted by atomic mass is 10.3. The maximum absolute atomic E-state index is 14.1. The van der Waals surface area contributed by atoms with Gasteiger partial charge in [0.1, 0.15) is 30.5 Å². The molecule has 0 spiro atoms. The van der Waals surface area contributed by atoms with Crippen LogP contribution in [0.1, 0.15) is 0 Å². The van der Waals surface area contributed by atoms with Crippen LogP contribution in [0.4, 0.5) is 10.1 Å². The first-order valence-corrected chi connectivity index (χ1v) is 10.1. The first-order valence-electron chi connectivity index (χ1n) is 8.74. The fraction of sp³-hybridized carbons (Fsp3) is 0.316. The lowest BCUT2D eigenvalue weighted by molar-refractivity contribution is -0.119. The molecule has 2 aromatic carbocycles. The fourth-order valence-corrected chi connectivity index (χ4v) is 3.43. The van der Waals surface area contributed by atoms with Gasteiger partial charge in [0.05, 0.1) is 19.3 Å². The van der Waals surface area contributed by atoms with Gasteiger partial charge in [0, 0.05) is 14.1 Å². The Morgan fingerprint density at radius 3 is 2.28 bits per heavy atom. The molecule has 2 rings (SSSR count). The number of methoxy groups -OCH3 is 1.